The van der Waals surface area contributed by atoms with Gasteiger partial charge in [-0.2, -0.15) is 0 Å². The minimum absolute atomic E-state index is 0.00747. The maximum atomic E-state index is 14.2. The minimum atomic E-state index is -1.70. The Morgan fingerprint density at radius 2 is 1.20 bits per heavy atom. The van der Waals surface area contributed by atoms with Crippen molar-refractivity contribution in [3.05, 3.63) is 72.5 Å². The molecule has 3 aromatic heterocycles. The zero-order valence-electron chi connectivity index (χ0n) is 34.1. The van der Waals surface area contributed by atoms with Gasteiger partial charge >= 0.3 is 5.97 Å². The number of hydrogen-bond acceptors (Lipinski definition) is 12. The van der Waals surface area contributed by atoms with Crippen LogP contribution in [0.2, 0.25) is 0 Å². The third-order valence-corrected chi connectivity index (χ3v) is 9.75. The number of carboxylic acids is 1. The van der Waals surface area contributed by atoms with Crippen LogP contribution in [0, 0.1) is 0 Å². The Morgan fingerprint density at radius 3 is 1.74 bits per heavy atom. The first-order valence-electron chi connectivity index (χ1n) is 19.8. The molecule has 0 radical (unpaired) electrons. The SMILES string of the molecule is C[C@H](N)C(=O)N[C@@H](Cc1cnc[nH]1)C(=O)N[C@@H](C)C(=O)N[C@@H](CCCCN)C(=O)N[C@@H](Cc1cnc[nH]1)C(=O)N[C@@H](Cc1c[nH]c2ccccc12)C(=O)N[C@H](C(=O)O)[C@@H](C)O. The Hall–Kier alpha value is -6.65. The highest BCUT2D eigenvalue weighted by molar-refractivity contribution is 5.97. The van der Waals surface area contributed by atoms with Crippen LogP contribution in [0.15, 0.2) is 55.5 Å². The number of amides is 6. The van der Waals surface area contributed by atoms with Gasteiger partial charge in [0.05, 0.1) is 24.8 Å². The summed E-state index contributed by atoms with van der Waals surface area (Å²) >= 11 is 0. The van der Waals surface area contributed by atoms with Crippen molar-refractivity contribution in [3.8, 4) is 0 Å². The van der Waals surface area contributed by atoms with Crippen molar-refractivity contribution in [2.24, 2.45) is 11.5 Å². The van der Waals surface area contributed by atoms with Crippen molar-refractivity contribution >= 4 is 52.3 Å². The lowest BCUT2D eigenvalue weighted by molar-refractivity contribution is -0.145. The van der Waals surface area contributed by atoms with Crippen molar-refractivity contribution in [2.45, 2.75) is 108 Å². The van der Waals surface area contributed by atoms with Gasteiger partial charge in [-0.15, -0.1) is 0 Å². The van der Waals surface area contributed by atoms with Gasteiger partial charge in [0.2, 0.25) is 35.4 Å². The second kappa shape index (κ2) is 22.6. The number of unbranched alkanes of at least 4 members (excludes halogenated alkanes) is 1. The van der Waals surface area contributed by atoms with Crippen LogP contribution in [0.5, 0.6) is 0 Å². The Morgan fingerprint density at radius 1 is 0.672 bits per heavy atom. The molecule has 22 nitrogen and oxygen atoms in total. The summed E-state index contributed by atoms with van der Waals surface area (Å²) in [5.74, 6) is -6.08. The third-order valence-electron chi connectivity index (χ3n) is 9.75. The highest BCUT2D eigenvalue weighted by Gasteiger charge is 2.34. The van der Waals surface area contributed by atoms with E-state index in [0.717, 1.165) is 10.9 Å². The van der Waals surface area contributed by atoms with Crippen molar-refractivity contribution in [3.63, 3.8) is 0 Å². The molecule has 0 saturated heterocycles. The summed E-state index contributed by atoms with van der Waals surface area (Å²) in [6.07, 6.45) is 6.57. The quantitative estimate of drug-likeness (QED) is 0.0325. The van der Waals surface area contributed by atoms with E-state index in [-0.39, 0.29) is 25.7 Å². The lowest BCUT2D eigenvalue weighted by Gasteiger charge is -2.27. The minimum Gasteiger partial charge on any atom is -0.480 e. The lowest BCUT2D eigenvalue weighted by Crippen LogP contribution is -2.60. The van der Waals surface area contributed by atoms with Crippen LogP contribution in [-0.4, -0.2) is 131 Å². The number of fused-ring (bicyclic) bond motifs is 1. The Bertz CT molecular complexity index is 2090. The molecule has 22 heteroatoms. The molecule has 8 atom stereocenters. The van der Waals surface area contributed by atoms with Gasteiger partial charge in [0.25, 0.3) is 0 Å². The highest BCUT2D eigenvalue weighted by atomic mass is 16.4. The molecule has 4 aromatic rings. The number of carbonyl (C=O) groups is 7. The summed E-state index contributed by atoms with van der Waals surface area (Å²) in [4.78, 5) is 110. The molecule has 0 spiro atoms. The first-order valence-corrected chi connectivity index (χ1v) is 19.8. The number of nitrogens with zero attached hydrogens (tertiary/aromatic N) is 2. The Labute approximate surface area is 350 Å². The van der Waals surface area contributed by atoms with Crippen molar-refractivity contribution < 1.29 is 43.8 Å². The molecule has 0 aliphatic heterocycles. The van der Waals surface area contributed by atoms with E-state index in [1.807, 2.05) is 12.1 Å². The standard InChI is InChI=1S/C39H55N13O9/c1-20(41)33(54)49-30(13-24-16-42-18-45-24)36(57)47-21(2)34(55)48-28(10-6-7-11-40)35(56)51-31(14-25-17-43-19-46-25)37(58)50-29(38(59)52-32(22(3)53)39(60)61)12-23-15-44-27-9-5-4-8-26(23)27/h4-5,8-9,15-22,28-32,44,53H,6-7,10-14,40-41H2,1-3H3,(H,42,45)(H,43,46)(H,47,57)(H,48,55)(H,49,54)(H,50,58)(H,51,56)(H,52,59)(H,60,61)/t20-,21-,22+,28-,29-,30-,31-,32-/m0/s1. The number of nitrogens with one attached hydrogen (secondary N) is 9. The predicted molar refractivity (Wildman–Crippen MR) is 220 cm³/mol. The summed E-state index contributed by atoms with van der Waals surface area (Å²) in [6, 6.07) is -1.75. The Balaban J connectivity index is 1.55. The molecule has 4 rings (SSSR count). The van der Waals surface area contributed by atoms with Gasteiger partial charge in [0.15, 0.2) is 6.04 Å². The van der Waals surface area contributed by atoms with Crippen LogP contribution in [-0.2, 0) is 52.8 Å². The number of hydrogen-bond donors (Lipinski definition) is 13. The van der Waals surface area contributed by atoms with E-state index in [0.29, 0.717) is 36.3 Å². The average molecular weight is 850 g/mol. The number of nitrogens with two attached hydrogens (primary N) is 2. The molecule has 6 amide bonds. The lowest BCUT2D eigenvalue weighted by atomic mass is 10.0. The summed E-state index contributed by atoms with van der Waals surface area (Å²) in [5, 5.41) is 35.9. The molecule has 330 valence electrons. The number of imidazole rings is 2. The summed E-state index contributed by atoms with van der Waals surface area (Å²) in [5.41, 5.74) is 13.7. The molecule has 1 aromatic carbocycles. The van der Waals surface area contributed by atoms with Crippen LogP contribution >= 0.6 is 0 Å². The first kappa shape index (κ1) is 47.0. The number of aliphatic hydroxyl groups is 1. The van der Waals surface area contributed by atoms with Crippen LogP contribution < -0.4 is 43.4 Å². The summed E-state index contributed by atoms with van der Waals surface area (Å²) in [7, 11) is 0. The zero-order chi connectivity index (χ0) is 44.6. The summed E-state index contributed by atoms with van der Waals surface area (Å²) in [6.45, 7) is 4.33. The number of aliphatic carboxylic acids is 1. The van der Waals surface area contributed by atoms with E-state index in [9.17, 15) is 43.8 Å². The number of aromatic nitrogens is 5. The second-order valence-electron chi connectivity index (χ2n) is 14.7. The van der Waals surface area contributed by atoms with Crippen LogP contribution in [0.3, 0.4) is 0 Å². The van der Waals surface area contributed by atoms with Gasteiger partial charge in [0, 0.05) is 60.1 Å². The molecule has 61 heavy (non-hydrogen) atoms. The van der Waals surface area contributed by atoms with E-state index in [2.05, 4.69) is 56.8 Å². The molecule has 0 fully saturated rings. The number of carbonyl (C=O) groups excluding carboxylic acids is 6. The molecule has 0 bridgehead atoms. The van der Waals surface area contributed by atoms with Crippen molar-refractivity contribution in [1.29, 1.82) is 0 Å². The fraction of sp³-hybridized carbons (Fsp3) is 0.462. The molecule has 0 saturated carbocycles. The smallest absolute Gasteiger partial charge is 0.328 e. The summed E-state index contributed by atoms with van der Waals surface area (Å²) < 4.78 is 0. The molecular formula is C39H55N13O9. The van der Waals surface area contributed by atoms with Gasteiger partial charge in [-0.1, -0.05) is 18.2 Å². The number of aliphatic hydroxyl groups excluding tert-OH is 1. The molecule has 0 aliphatic carbocycles. The monoisotopic (exact) mass is 849 g/mol. The van der Waals surface area contributed by atoms with Crippen molar-refractivity contribution in [1.82, 2.24) is 56.8 Å². The highest BCUT2D eigenvalue weighted by Crippen LogP contribution is 2.19. The molecule has 15 N–H and O–H groups in total. The van der Waals surface area contributed by atoms with Gasteiger partial charge < -0.3 is 68.5 Å². The average Bonchev–Trinajstić information content (AvgIpc) is 4.02. The number of rotatable bonds is 24. The first-order chi connectivity index (χ1) is 29.1. The zero-order valence-corrected chi connectivity index (χ0v) is 34.1. The van der Waals surface area contributed by atoms with E-state index in [1.165, 1.54) is 45.8 Å². The largest absolute Gasteiger partial charge is 0.480 e. The number of para-hydroxylation sites is 1. The van der Waals surface area contributed by atoms with E-state index >= 15 is 0 Å². The topological polar surface area (TPSA) is 357 Å². The maximum absolute atomic E-state index is 14.2. The number of benzene rings is 1. The molecule has 0 aliphatic rings. The number of carboxylic acid groups (broad SMARTS) is 1. The van der Waals surface area contributed by atoms with Crippen LogP contribution in [0.25, 0.3) is 10.9 Å². The fourth-order valence-corrected chi connectivity index (χ4v) is 6.31. The third kappa shape index (κ3) is 14.0. The molecule has 3 heterocycles. The number of H-pyrrole nitrogens is 3. The predicted octanol–water partition coefficient (Wildman–Crippen LogP) is -2.49. The maximum Gasteiger partial charge on any atom is 0.328 e. The van der Waals surface area contributed by atoms with Gasteiger partial charge in [0.1, 0.15) is 30.2 Å². The van der Waals surface area contributed by atoms with Gasteiger partial charge in [-0.3, -0.25) is 28.8 Å². The normalized spacial score (nSPS) is 15.2. The van der Waals surface area contributed by atoms with Crippen molar-refractivity contribution in [2.75, 3.05) is 6.54 Å². The molecule has 0 unspecified atom stereocenters. The fourth-order valence-electron chi connectivity index (χ4n) is 6.31. The van der Waals surface area contributed by atoms with Gasteiger partial charge in [-0.05, 0) is 58.2 Å². The van der Waals surface area contributed by atoms with E-state index < -0.39 is 89.8 Å². The number of aromatic amines is 3. The van der Waals surface area contributed by atoms with Crippen LogP contribution in [0.1, 0.15) is 57.0 Å². The van der Waals surface area contributed by atoms with Gasteiger partial charge in [-0.25, -0.2) is 14.8 Å². The second-order valence-corrected chi connectivity index (χ2v) is 14.7. The van der Waals surface area contributed by atoms with E-state index in [1.54, 1.807) is 18.3 Å². The molecular weight excluding hydrogens is 795 g/mol. The van der Waals surface area contributed by atoms with Crippen LogP contribution in [0.4, 0.5) is 0 Å². The Kier molecular flexibility index (Phi) is 17.5. The van der Waals surface area contributed by atoms with E-state index in [4.69, 9.17) is 11.5 Å².